The van der Waals surface area contributed by atoms with Gasteiger partial charge in [-0.1, -0.05) is 18.1 Å². The normalized spacial score (nSPS) is 20.9. The predicted octanol–water partition coefficient (Wildman–Crippen LogP) is 5.96. The molecule has 12 nitrogen and oxygen atoms in total. The molecule has 1 saturated carbocycles. The van der Waals surface area contributed by atoms with Crippen molar-refractivity contribution in [3.8, 4) is 11.1 Å². The van der Waals surface area contributed by atoms with Gasteiger partial charge < -0.3 is 25.6 Å². The van der Waals surface area contributed by atoms with Crippen molar-refractivity contribution >= 4 is 45.5 Å². The number of aromatic nitrogens is 4. The molecule has 0 unspecified atom stereocenters. The number of carbonyl (C=O) groups is 3. The van der Waals surface area contributed by atoms with Crippen LogP contribution in [0.25, 0.3) is 11.1 Å². The number of hydrogen-bond donors (Lipinski definition) is 4. The number of hydrogen-bond acceptors (Lipinski definition) is 7. The van der Waals surface area contributed by atoms with Crippen molar-refractivity contribution in [3.05, 3.63) is 86.7 Å². The molecule has 1 aliphatic carbocycles. The highest BCUT2D eigenvalue weighted by Gasteiger charge is 2.64. The molecule has 3 aliphatic rings. The number of aliphatic hydroxyl groups is 1. The smallest absolute Gasteiger partial charge is 0.320 e. The molecule has 2 aliphatic heterocycles. The monoisotopic (exact) mass is 908 g/mol. The molecule has 0 radical (unpaired) electrons. The maximum absolute atomic E-state index is 14.8. The van der Waals surface area contributed by atoms with E-state index in [1.54, 1.807) is 23.0 Å². The van der Waals surface area contributed by atoms with E-state index < -0.39 is 110 Å². The Labute approximate surface area is 334 Å². The van der Waals surface area contributed by atoms with Crippen molar-refractivity contribution in [2.75, 3.05) is 12.3 Å². The Morgan fingerprint density at radius 2 is 1.47 bits per heavy atom. The van der Waals surface area contributed by atoms with Crippen LogP contribution in [0.5, 0.6) is 0 Å². The Kier molecular flexibility index (Phi) is 11.5. The zero-order valence-electron chi connectivity index (χ0n) is 29.6. The average molecular weight is 910 g/mol. The zero-order chi connectivity index (χ0) is 41.8. The molecule has 0 spiro atoms. The number of benzene rings is 2. The van der Waals surface area contributed by atoms with E-state index >= 15 is 0 Å². The maximum atomic E-state index is 14.8. The summed E-state index contributed by atoms with van der Waals surface area (Å²) in [4.78, 5) is 38.0. The molecule has 23 heteroatoms. The fourth-order valence-electron chi connectivity index (χ4n) is 7.57. The van der Waals surface area contributed by atoms with Gasteiger partial charge in [0.15, 0.2) is 52.3 Å². The third kappa shape index (κ3) is 7.17. The van der Waals surface area contributed by atoms with Crippen LogP contribution in [0.1, 0.15) is 60.7 Å². The maximum Gasteiger partial charge on any atom is 0.320 e. The lowest BCUT2D eigenvalue weighted by molar-refractivity contribution is -0.120. The summed E-state index contributed by atoms with van der Waals surface area (Å²) in [5.41, 5.74) is -4.97. The summed E-state index contributed by atoms with van der Waals surface area (Å²) in [6.07, 6.45) is 4.13. The summed E-state index contributed by atoms with van der Waals surface area (Å²) in [6.45, 7) is 0.673. The number of carbonyl (C=O) groups excluding carboxylic acids is 3. The van der Waals surface area contributed by atoms with E-state index in [4.69, 9.17) is 0 Å². The van der Waals surface area contributed by atoms with E-state index in [0.717, 1.165) is 12.8 Å². The molecule has 7 rings (SSSR count). The average Bonchev–Trinajstić information content (AvgIpc) is 3.94. The number of halogens is 10. The lowest BCUT2D eigenvalue weighted by Gasteiger charge is -2.32. The minimum Gasteiger partial charge on any atom is -0.368 e. The van der Waals surface area contributed by atoms with Crippen LogP contribution in [0, 0.1) is 52.4 Å². The number of unbranched alkanes of at least 4 members (excludes halogenated alkanes) is 3. The van der Waals surface area contributed by atoms with Crippen molar-refractivity contribution in [2.24, 2.45) is 0 Å². The third-order valence-corrected chi connectivity index (χ3v) is 12.0. The Morgan fingerprint density at radius 3 is 2.12 bits per heavy atom. The molecular formula is C35H30BrF9N8O4S. The van der Waals surface area contributed by atoms with Gasteiger partial charge in [-0.3, -0.25) is 19.2 Å². The lowest BCUT2D eigenvalue weighted by atomic mass is 10.0. The van der Waals surface area contributed by atoms with Gasteiger partial charge in [-0.2, -0.15) is 0 Å². The molecule has 4 heterocycles. The Balaban J connectivity index is 0.837. The fraction of sp³-hybridized carbons (Fsp3) is 0.400. The first-order valence-corrected chi connectivity index (χ1v) is 19.5. The number of urea groups is 1. The highest BCUT2D eigenvalue weighted by atomic mass is 79.9. The van der Waals surface area contributed by atoms with Gasteiger partial charge in [-0.25, -0.2) is 44.3 Å². The first-order valence-electron chi connectivity index (χ1n) is 17.7. The number of thioether (sulfide) groups is 1. The molecule has 4 amide bonds. The van der Waals surface area contributed by atoms with Gasteiger partial charge in [-0.15, -0.1) is 16.9 Å². The second kappa shape index (κ2) is 16.1. The van der Waals surface area contributed by atoms with Crippen LogP contribution in [0.3, 0.4) is 0 Å². The largest absolute Gasteiger partial charge is 0.368 e. The van der Waals surface area contributed by atoms with Crippen LogP contribution < -0.4 is 16.0 Å². The predicted molar refractivity (Wildman–Crippen MR) is 188 cm³/mol. The summed E-state index contributed by atoms with van der Waals surface area (Å²) in [5.74, 6) is -23.7. The molecule has 4 aromatic rings. The van der Waals surface area contributed by atoms with Crippen LogP contribution in [-0.4, -0.2) is 77.5 Å². The number of fused-ring (bicyclic) bond motifs is 5. The van der Waals surface area contributed by atoms with Gasteiger partial charge in [0.05, 0.1) is 45.5 Å². The Bertz CT molecular complexity index is 2270. The molecule has 310 valence electrons. The number of nitrogens with zero attached hydrogens (tertiary/aromatic N) is 5. The third-order valence-electron chi connectivity index (χ3n) is 10.3. The van der Waals surface area contributed by atoms with E-state index in [9.17, 15) is 59.0 Å². The van der Waals surface area contributed by atoms with Gasteiger partial charge in [0.25, 0.3) is 5.91 Å². The quantitative estimate of drug-likeness (QED) is 0.0402. The topological polar surface area (TPSA) is 146 Å². The van der Waals surface area contributed by atoms with Crippen molar-refractivity contribution in [2.45, 2.75) is 80.4 Å². The summed E-state index contributed by atoms with van der Waals surface area (Å²) in [6, 6.07) is 1.63. The summed E-state index contributed by atoms with van der Waals surface area (Å²) >= 11 is 3.61. The van der Waals surface area contributed by atoms with E-state index in [1.165, 1.54) is 4.90 Å². The molecule has 1 saturated heterocycles. The van der Waals surface area contributed by atoms with Gasteiger partial charge in [0.1, 0.15) is 17.4 Å². The lowest BCUT2D eigenvalue weighted by Crippen LogP contribution is -2.56. The molecule has 2 fully saturated rings. The molecule has 0 bridgehead atoms. The van der Waals surface area contributed by atoms with E-state index in [-0.39, 0.29) is 36.7 Å². The first kappa shape index (κ1) is 41.4. The van der Waals surface area contributed by atoms with Crippen molar-refractivity contribution in [3.63, 3.8) is 0 Å². The zero-order valence-corrected chi connectivity index (χ0v) is 32.0. The van der Waals surface area contributed by atoms with E-state index in [2.05, 4.69) is 42.2 Å². The van der Waals surface area contributed by atoms with E-state index in [1.807, 2.05) is 4.57 Å². The number of nitrogens with one attached hydrogen (secondary N) is 3. The number of amides is 4. The second-order valence-electron chi connectivity index (χ2n) is 13.8. The molecule has 58 heavy (non-hydrogen) atoms. The molecule has 4 atom stereocenters. The fourth-order valence-corrected chi connectivity index (χ4v) is 9.08. The minimum absolute atomic E-state index is 0.0953. The SMILES string of the molecule is O=C(CCSc1c(F)c(F)c(-c2c(F)c(F)c(F)c(F)c2F)c(F)c1F)NCc1cn(CCCCCCN2C(=O)N[C@H]3[C@@H]4NC(=O)c5ccc(Br)n5[C@@H]4C[C@]32O)nn1. The summed E-state index contributed by atoms with van der Waals surface area (Å²) in [7, 11) is 0. The summed E-state index contributed by atoms with van der Waals surface area (Å²) < 4.78 is 132. The highest BCUT2D eigenvalue weighted by Crippen LogP contribution is 2.47. The van der Waals surface area contributed by atoms with Gasteiger partial charge in [0.2, 0.25) is 11.7 Å². The van der Waals surface area contributed by atoms with Crippen LogP contribution in [-0.2, 0) is 17.9 Å². The molecule has 2 aromatic heterocycles. The van der Waals surface area contributed by atoms with E-state index in [0.29, 0.717) is 41.9 Å². The van der Waals surface area contributed by atoms with Gasteiger partial charge >= 0.3 is 6.03 Å². The van der Waals surface area contributed by atoms with Crippen molar-refractivity contribution in [1.29, 1.82) is 0 Å². The Hall–Kier alpha value is -4.77. The second-order valence-corrected chi connectivity index (χ2v) is 15.7. The van der Waals surface area contributed by atoms with Crippen molar-refractivity contribution < 1.29 is 59.0 Å². The van der Waals surface area contributed by atoms with Gasteiger partial charge in [-0.05, 0) is 40.9 Å². The van der Waals surface area contributed by atoms with Crippen LogP contribution in [0.15, 0.2) is 27.8 Å². The van der Waals surface area contributed by atoms with Crippen LogP contribution in [0.4, 0.5) is 44.3 Å². The molecule has 2 aromatic carbocycles. The van der Waals surface area contributed by atoms with Gasteiger partial charge in [0, 0.05) is 31.7 Å². The highest BCUT2D eigenvalue weighted by molar-refractivity contribution is 9.10. The minimum atomic E-state index is -2.66. The van der Waals surface area contributed by atoms with Crippen molar-refractivity contribution in [1.82, 2.24) is 40.4 Å². The summed E-state index contributed by atoms with van der Waals surface area (Å²) in [5, 5.41) is 27.9. The Morgan fingerprint density at radius 1 is 0.862 bits per heavy atom. The molecular weight excluding hydrogens is 879 g/mol. The van der Waals surface area contributed by atoms with Crippen LogP contribution in [0.2, 0.25) is 0 Å². The van der Waals surface area contributed by atoms with Crippen LogP contribution >= 0.6 is 27.7 Å². The number of rotatable bonds is 14. The number of aryl methyl sites for hydroxylation is 1. The first-order chi connectivity index (χ1) is 27.5. The standard InChI is InChI=1S/C35H30BrF9N8O4S/c36-17-6-5-15-33(55)47-30-16(53(15)17)11-35(57)32(30)48-34(56)52(35)9-4-2-1-3-8-51-13-14(49-50-51)12-46-18(54)7-10-58-31-28(44)23(39)20(24(40)29(31)45)19-21(37)25(41)27(43)26(42)22(19)38/h5-6,13,16,30,32,57H,1-4,7-12H2,(H,46,54)(H,47,55)(H,48,56)/t16-,30-,32+,35+/m1/s1. The molecule has 4 N–H and O–H groups in total.